The van der Waals surface area contributed by atoms with Gasteiger partial charge in [0.25, 0.3) is 0 Å². The van der Waals surface area contributed by atoms with Crippen molar-refractivity contribution < 1.29 is 4.79 Å². The molecule has 0 spiro atoms. The number of rotatable bonds is 1. The second kappa shape index (κ2) is 2.71. The van der Waals surface area contributed by atoms with Crippen molar-refractivity contribution >= 4 is 5.91 Å². The summed E-state index contributed by atoms with van der Waals surface area (Å²) in [4.78, 5) is 11.6. The maximum Gasteiger partial charge on any atom is 0.240 e. The molecule has 3 nitrogen and oxygen atoms in total. The van der Waals surface area contributed by atoms with Gasteiger partial charge in [-0.1, -0.05) is 6.92 Å². The molecule has 0 aromatic carbocycles. The molecule has 0 aromatic rings. The first-order chi connectivity index (χ1) is 6.10. The maximum absolute atomic E-state index is 11.6. The van der Waals surface area contributed by atoms with Gasteiger partial charge in [0.2, 0.25) is 5.91 Å². The molecule has 1 amide bonds. The van der Waals surface area contributed by atoms with Gasteiger partial charge in [-0.25, -0.2) is 5.84 Å². The number of amides is 1. The molecular formula is C10H18N2O. The van der Waals surface area contributed by atoms with E-state index >= 15 is 0 Å². The molecule has 0 saturated heterocycles. The van der Waals surface area contributed by atoms with Gasteiger partial charge < -0.3 is 0 Å². The van der Waals surface area contributed by atoms with E-state index in [4.69, 9.17) is 5.84 Å². The molecular weight excluding hydrogens is 164 g/mol. The predicted molar refractivity (Wildman–Crippen MR) is 50.6 cm³/mol. The van der Waals surface area contributed by atoms with Gasteiger partial charge in [0.1, 0.15) is 0 Å². The molecule has 3 fully saturated rings. The summed E-state index contributed by atoms with van der Waals surface area (Å²) >= 11 is 0. The Morgan fingerprint density at radius 3 is 2.00 bits per heavy atom. The lowest BCUT2D eigenvalue weighted by atomic mass is 9.54. The summed E-state index contributed by atoms with van der Waals surface area (Å²) in [6.07, 6.45) is 6.69. The molecule has 0 atom stereocenters. The molecule has 13 heavy (non-hydrogen) atoms. The topological polar surface area (TPSA) is 55.1 Å². The van der Waals surface area contributed by atoms with Crippen LogP contribution in [0.5, 0.6) is 0 Å². The Labute approximate surface area is 79.0 Å². The van der Waals surface area contributed by atoms with Gasteiger partial charge in [-0.15, -0.1) is 0 Å². The molecule has 3 N–H and O–H groups in total. The lowest BCUT2D eigenvalue weighted by Crippen LogP contribution is -2.51. The van der Waals surface area contributed by atoms with E-state index in [1.165, 1.54) is 19.3 Å². The number of hydrazine groups is 1. The van der Waals surface area contributed by atoms with Crippen molar-refractivity contribution in [2.45, 2.75) is 45.4 Å². The van der Waals surface area contributed by atoms with Gasteiger partial charge in [-0.2, -0.15) is 0 Å². The normalized spacial score (nSPS) is 43.2. The monoisotopic (exact) mass is 182 g/mol. The molecule has 3 rings (SSSR count). The van der Waals surface area contributed by atoms with E-state index in [2.05, 4.69) is 12.3 Å². The minimum atomic E-state index is -0.105. The average Bonchev–Trinajstić information content (AvgIpc) is 2.18. The van der Waals surface area contributed by atoms with Crippen LogP contribution in [0.1, 0.15) is 45.4 Å². The zero-order valence-corrected chi connectivity index (χ0v) is 8.23. The number of fused-ring (bicyclic) bond motifs is 3. The molecule has 3 heteroatoms. The molecule has 3 saturated carbocycles. The minimum absolute atomic E-state index is 0.0641. The highest BCUT2D eigenvalue weighted by molar-refractivity contribution is 5.82. The van der Waals surface area contributed by atoms with E-state index < -0.39 is 0 Å². The van der Waals surface area contributed by atoms with Gasteiger partial charge in [0.05, 0.1) is 5.41 Å². The molecule has 74 valence electrons. The summed E-state index contributed by atoms with van der Waals surface area (Å²) in [5.41, 5.74) is 2.74. The first-order valence-corrected chi connectivity index (χ1v) is 5.11. The minimum Gasteiger partial charge on any atom is -0.294 e. The van der Waals surface area contributed by atoms with Gasteiger partial charge in [0.15, 0.2) is 0 Å². The number of hydrogen-bond donors (Lipinski definition) is 2. The molecule has 0 unspecified atom stereocenters. The third-order valence-electron chi connectivity index (χ3n) is 4.23. The number of carbonyl (C=O) groups is 1. The number of hydrogen-bond acceptors (Lipinski definition) is 2. The predicted octanol–water partition coefficient (Wildman–Crippen LogP) is 1.34. The van der Waals surface area contributed by atoms with E-state index in [0.29, 0.717) is 5.41 Å². The third-order valence-corrected chi connectivity index (χ3v) is 4.23. The Morgan fingerprint density at radius 1 is 1.15 bits per heavy atom. The van der Waals surface area contributed by atoms with Crippen LogP contribution >= 0.6 is 0 Å². The largest absolute Gasteiger partial charge is 0.294 e. The van der Waals surface area contributed by atoms with Crippen molar-refractivity contribution in [1.29, 1.82) is 0 Å². The fourth-order valence-electron chi connectivity index (χ4n) is 2.87. The third kappa shape index (κ3) is 1.26. The van der Waals surface area contributed by atoms with Crippen LogP contribution in [-0.2, 0) is 4.79 Å². The molecule has 2 bridgehead atoms. The van der Waals surface area contributed by atoms with Gasteiger partial charge >= 0.3 is 0 Å². The summed E-state index contributed by atoms with van der Waals surface area (Å²) in [6, 6.07) is 0. The number of nitrogens with one attached hydrogen (secondary N) is 1. The highest BCUT2D eigenvalue weighted by Crippen LogP contribution is 2.56. The molecule has 3 aliphatic rings. The first kappa shape index (κ1) is 9.00. The van der Waals surface area contributed by atoms with Crippen LogP contribution in [0.25, 0.3) is 0 Å². The molecule has 0 aromatic heterocycles. The summed E-state index contributed by atoms with van der Waals surface area (Å²) in [5, 5.41) is 0. The molecule has 0 heterocycles. The SMILES string of the molecule is CC12CCC(C(=O)NN)(CC1)CC2. The number of nitrogens with two attached hydrogens (primary N) is 1. The summed E-state index contributed by atoms with van der Waals surface area (Å²) < 4.78 is 0. The zero-order valence-electron chi connectivity index (χ0n) is 8.23. The van der Waals surface area contributed by atoms with Crippen molar-refractivity contribution in [2.24, 2.45) is 16.7 Å². The lowest BCUT2D eigenvalue weighted by molar-refractivity contribution is -0.139. The summed E-state index contributed by atoms with van der Waals surface area (Å²) in [6.45, 7) is 2.34. The lowest BCUT2D eigenvalue weighted by Gasteiger charge is -2.50. The van der Waals surface area contributed by atoms with Crippen molar-refractivity contribution in [2.75, 3.05) is 0 Å². The van der Waals surface area contributed by atoms with Crippen LogP contribution in [0.2, 0.25) is 0 Å². The van der Waals surface area contributed by atoms with Crippen LogP contribution in [0.3, 0.4) is 0 Å². The van der Waals surface area contributed by atoms with Gasteiger partial charge in [0, 0.05) is 0 Å². The van der Waals surface area contributed by atoms with Crippen LogP contribution in [0.4, 0.5) is 0 Å². The number of carbonyl (C=O) groups excluding carboxylic acids is 1. The van der Waals surface area contributed by atoms with Crippen LogP contribution in [0.15, 0.2) is 0 Å². The maximum atomic E-state index is 11.6. The molecule has 0 aliphatic heterocycles. The van der Waals surface area contributed by atoms with E-state index in [-0.39, 0.29) is 11.3 Å². The average molecular weight is 182 g/mol. The van der Waals surface area contributed by atoms with Crippen molar-refractivity contribution in [1.82, 2.24) is 5.43 Å². The van der Waals surface area contributed by atoms with E-state index in [1.807, 2.05) is 0 Å². The van der Waals surface area contributed by atoms with E-state index in [9.17, 15) is 4.79 Å². The Morgan fingerprint density at radius 2 is 1.62 bits per heavy atom. The molecule has 3 aliphatic carbocycles. The van der Waals surface area contributed by atoms with Crippen LogP contribution in [-0.4, -0.2) is 5.91 Å². The van der Waals surface area contributed by atoms with Crippen molar-refractivity contribution in [3.63, 3.8) is 0 Å². The Hall–Kier alpha value is -0.570. The Balaban J connectivity index is 2.15. The van der Waals surface area contributed by atoms with Crippen molar-refractivity contribution in [3.05, 3.63) is 0 Å². The first-order valence-electron chi connectivity index (χ1n) is 5.11. The van der Waals surface area contributed by atoms with Crippen LogP contribution < -0.4 is 11.3 Å². The Kier molecular flexibility index (Phi) is 1.88. The van der Waals surface area contributed by atoms with Gasteiger partial charge in [-0.3, -0.25) is 10.2 Å². The van der Waals surface area contributed by atoms with Crippen LogP contribution in [0, 0.1) is 10.8 Å². The zero-order chi connectivity index (χ0) is 9.53. The fraction of sp³-hybridized carbons (Fsp3) is 0.900. The van der Waals surface area contributed by atoms with Crippen molar-refractivity contribution in [3.8, 4) is 0 Å². The highest BCUT2D eigenvalue weighted by Gasteiger charge is 2.50. The fourth-order valence-corrected chi connectivity index (χ4v) is 2.87. The van der Waals surface area contributed by atoms with Gasteiger partial charge in [-0.05, 0) is 43.9 Å². The summed E-state index contributed by atoms with van der Waals surface area (Å²) in [7, 11) is 0. The Bertz CT molecular complexity index is 213. The smallest absolute Gasteiger partial charge is 0.240 e. The highest BCUT2D eigenvalue weighted by atomic mass is 16.2. The molecule has 0 radical (unpaired) electrons. The quantitative estimate of drug-likeness (QED) is 0.365. The second-order valence-electron chi connectivity index (χ2n) is 5.06. The van der Waals surface area contributed by atoms with E-state index in [1.54, 1.807) is 0 Å². The summed E-state index contributed by atoms with van der Waals surface area (Å²) in [5.74, 6) is 5.28. The van der Waals surface area contributed by atoms with E-state index in [0.717, 1.165) is 19.3 Å². The second-order valence-corrected chi connectivity index (χ2v) is 5.06. The standard InChI is InChI=1S/C10H18N2O/c1-9-2-5-10(6-3-9,7-4-9)8(13)12-11/h2-7,11H2,1H3,(H,12,13).